The van der Waals surface area contributed by atoms with E-state index in [4.69, 9.17) is 5.11 Å². The number of aromatic nitrogens is 2. The van der Waals surface area contributed by atoms with E-state index in [9.17, 15) is 4.79 Å². The Bertz CT molecular complexity index is 400. The lowest BCUT2D eigenvalue weighted by Crippen LogP contribution is -2.30. The minimum atomic E-state index is -1.05. The first-order chi connectivity index (χ1) is 9.25. The third kappa shape index (κ3) is 4.48. The van der Waals surface area contributed by atoms with Crippen molar-refractivity contribution < 1.29 is 9.90 Å². The molecule has 1 aromatic heterocycles. The van der Waals surface area contributed by atoms with Crippen molar-refractivity contribution >= 4 is 11.8 Å². The van der Waals surface area contributed by atoms with Crippen molar-refractivity contribution in [2.75, 3.05) is 31.5 Å². The number of nitrogens with zero attached hydrogens (tertiary/aromatic N) is 3. The Morgan fingerprint density at radius 1 is 1.21 bits per heavy atom. The Morgan fingerprint density at radius 3 is 2.53 bits per heavy atom. The number of carboxylic acid groups (broad SMARTS) is 1. The average Bonchev–Trinajstić information content (AvgIpc) is 2.68. The molecule has 0 aromatic carbocycles. The first-order valence-electron chi connectivity index (χ1n) is 6.77. The summed E-state index contributed by atoms with van der Waals surface area (Å²) in [6.45, 7) is 4.14. The summed E-state index contributed by atoms with van der Waals surface area (Å²) in [5.74, 6) is -0.427. The molecular weight excluding hydrogens is 244 g/mol. The zero-order valence-electron chi connectivity index (χ0n) is 11.0. The van der Waals surface area contributed by atoms with Crippen molar-refractivity contribution in [1.82, 2.24) is 14.9 Å². The summed E-state index contributed by atoms with van der Waals surface area (Å²) in [7, 11) is 0. The molecule has 0 radical (unpaired) electrons. The second-order valence-corrected chi connectivity index (χ2v) is 4.77. The maximum Gasteiger partial charge on any atom is 0.356 e. The van der Waals surface area contributed by atoms with Gasteiger partial charge in [-0.1, -0.05) is 12.8 Å². The zero-order valence-corrected chi connectivity index (χ0v) is 11.0. The topological polar surface area (TPSA) is 78.3 Å². The molecule has 1 aromatic rings. The molecular formula is C13H20N4O2. The van der Waals surface area contributed by atoms with Crippen LogP contribution in [0, 0.1) is 0 Å². The summed E-state index contributed by atoms with van der Waals surface area (Å²) in [6.07, 6.45) is 7.99. The van der Waals surface area contributed by atoms with E-state index in [1.54, 1.807) is 0 Å². The minimum Gasteiger partial charge on any atom is -0.476 e. The van der Waals surface area contributed by atoms with Crippen molar-refractivity contribution in [2.45, 2.75) is 25.7 Å². The molecule has 1 aliphatic rings. The van der Waals surface area contributed by atoms with Crippen molar-refractivity contribution in [3.05, 3.63) is 18.1 Å². The standard InChI is InChI=1S/C13H20N4O2/c18-13(19)11-9-16-12(10-15-11)14-5-8-17-6-3-1-2-4-7-17/h9-10H,1-8H2,(H,14,16)(H,18,19). The van der Waals surface area contributed by atoms with Crippen LogP contribution in [0.25, 0.3) is 0 Å². The fraction of sp³-hybridized carbons (Fsp3) is 0.615. The molecule has 6 nitrogen and oxygen atoms in total. The van der Waals surface area contributed by atoms with E-state index in [0.29, 0.717) is 5.82 Å². The Labute approximate surface area is 112 Å². The largest absolute Gasteiger partial charge is 0.476 e. The predicted octanol–water partition coefficient (Wildman–Crippen LogP) is 1.46. The molecule has 0 spiro atoms. The second-order valence-electron chi connectivity index (χ2n) is 4.77. The number of carboxylic acids is 1. The van der Waals surface area contributed by atoms with E-state index in [1.165, 1.54) is 51.2 Å². The first-order valence-corrected chi connectivity index (χ1v) is 6.77. The number of aromatic carboxylic acids is 1. The highest BCUT2D eigenvalue weighted by Gasteiger charge is 2.08. The van der Waals surface area contributed by atoms with Gasteiger partial charge in [0.1, 0.15) is 5.82 Å². The van der Waals surface area contributed by atoms with Crippen LogP contribution in [-0.4, -0.2) is 52.1 Å². The number of carbonyl (C=O) groups is 1. The Balaban J connectivity index is 1.74. The van der Waals surface area contributed by atoms with Crippen LogP contribution < -0.4 is 5.32 Å². The van der Waals surface area contributed by atoms with Gasteiger partial charge in [0.15, 0.2) is 5.69 Å². The van der Waals surface area contributed by atoms with Crippen molar-refractivity contribution in [1.29, 1.82) is 0 Å². The van der Waals surface area contributed by atoms with E-state index < -0.39 is 5.97 Å². The number of anilines is 1. The van der Waals surface area contributed by atoms with Gasteiger partial charge in [0.2, 0.25) is 0 Å². The molecule has 1 fully saturated rings. The van der Waals surface area contributed by atoms with Gasteiger partial charge < -0.3 is 15.3 Å². The van der Waals surface area contributed by atoms with Crippen molar-refractivity contribution in [3.8, 4) is 0 Å². The summed E-state index contributed by atoms with van der Waals surface area (Å²) >= 11 is 0. The highest BCUT2D eigenvalue weighted by molar-refractivity contribution is 5.84. The molecule has 0 saturated carbocycles. The summed E-state index contributed by atoms with van der Waals surface area (Å²) in [5.41, 5.74) is -0.0296. The van der Waals surface area contributed by atoms with Crippen LogP contribution in [-0.2, 0) is 0 Å². The normalized spacial score (nSPS) is 16.8. The number of rotatable bonds is 5. The van der Waals surface area contributed by atoms with Crippen molar-refractivity contribution in [3.63, 3.8) is 0 Å². The van der Waals surface area contributed by atoms with Crippen LogP contribution in [0.2, 0.25) is 0 Å². The smallest absolute Gasteiger partial charge is 0.356 e. The van der Waals surface area contributed by atoms with Gasteiger partial charge in [-0.25, -0.2) is 14.8 Å². The van der Waals surface area contributed by atoms with Gasteiger partial charge in [0.25, 0.3) is 0 Å². The van der Waals surface area contributed by atoms with E-state index >= 15 is 0 Å². The maximum atomic E-state index is 10.6. The molecule has 2 heterocycles. The van der Waals surface area contributed by atoms with Crippen LogP contribution in [0.4, 0.5) is 5.82 Å². The number of nitrogens with one attached hydrogen (secondary N) is 1. The van der Waals surface area contributed by atoms with Crippen LogP contribution in [0.15, 0.2) is 12.4 Å². The van der Waals surface area contributed by atoms with Crippen LogP contribution in [0.5, 0.6) is 0 Å². The van der Waals surface area contributed by atoms with Crippen molar-refractivity contribution in [2.24, 2.45) is 0 Å². The number of likely N-dealkylation sites (tertiary alicyclic amines) is 1. The zero-order chi connectivity index (χ0) is 13.5. The quantitative estimate of drug-likeness (QED) is 0.838. The molecule has 0 atom stereocenters. The number of hydrogen-bond donors (Lipinski definition) is 2. The maximum absolute atomic E-state index is 10.6. The third-order valence-electron chi connectivity index (χ3n) is 3.30. The molecule has 0 unspecified atom stereocenters. The molecule has 104 valence electrons. The molecule has 0 aliphatic carbocycles. The van der Waals surface area contributed by atoms with Crippen LogP contribution in [0.1, 0.15) is 36.2 Å². The molecule has 0 bridgehead atoms. The second kappa shape index (κ2) is 7.04. The Hall–Kier alpha value is -1.69. The minimum absolute atomic E-state index is 0.0296. The van der Waals surface area contributed by atoms with Gasteiger partial charge in [0.05, 0.1) is 12.4 Å². The molecule has 1 aliphatic heterocycles. The average molecular weight is 264 g/mol. The van der Waals surface area contributed by atoms with E-state index in [2.05, 4.69) is 20.2 Å². The third-order valence-corrected chi connectivity index (χ3v) is 3.30. The van der Waals surface area contributed by atoms with Gasteiger partial charge in [-0.05, 0) is 25.9 Å². The summed E-state index contributed by atoms with van der Waals surface area (Å²) in [5, 5.41) is 11.9. The monoisotopic (exact) mass is 264 g/mol. The molecule has 1 saturated heterocycles. The fourth-order valence-corrected chi connectivity index (χ4v) is 2.23. The van der Waals surface area contributed by atoms with Gasteiger partial charge >= 0.3 is 5.97 Å². The van der Waals surface area contributed by atoms with E-state index in [-0.39, 0.29) is 5.69 Å². The predicted molar refractivity (Wildman–Crippen MR) is 72.4 cm³/mol. The summed E-state index contributed by atoms with van der Waals surface area (Å²) < 4.78 is 0. The first kappa shape index (κ1) is 13.7. The molecule has 2 N–H and O–H groups in total. The van der Waals surface area contributed by atoms with Crippen LogP contribution in [0.3, 0.4) is 0 Å². The van der Waals surface area contributed by atoms with E-state index in [1.807, 2.05) is 0 Å². The fourth-order valence-electron chi connectivity index (χ4n) is 2.23. The highest BCUT2D eigenvalue weighted by atomic mass is 16.4. The Morgan fingerprint density at radius 2 is 1.95 bits per heavy atom. The lowest BCUT2D eigenvalue weighted by molar-refractivity contribution is 0.0690. The molecule has 19 heavy (non-hydrogen) atoms. The van der Waals surface area contributed by atoms with E-state index in [0.717, 1.165) is 13.1 Å². The summed E-state index contributed by atoms with van der Waals surface area (Å²) in [4.78, 5) is 20.9. The van der Waals surface area contributed by atoms with Gasteiger partial charge in [-0.3, -0.25) is 0 Å². The summed E-state index contributed by atoms with van der Waals surface area (Å²) in [6, 6.07) is 0. The molecule has 2 rings (SSSR count). The SMILES string of the molecule is O=C(O)c1cnc(NCCN2CCCCCC2)cn1. The van der Waals surface area contributed by atoms with Gasteiger partial charge in [0, 0.05) is 13.1 Å². The highest BCUT2D eigenvalue weighted by Crippen LogP contribution is 2.09. The molecule has 6 heteroatoms. The lowest BCUT2D eigenvalue weighted by atomic mass is 10.2. The lowest BCUT2D eigenvalue weighted by Gasteiger charge is -2.19. The number of hydrogen-bond acceptors (Lipinski definition) is 5. The molecule has 0 amide bonds. The van der Waals surface area contributed by atoms with Gasteiger partial charge in [-0.15, -0.1) is 0 Å². The van der Waals surface area contributed by atoms with Crippen LogP contribution >= 0.6 is 0 Å². The Kier molecular flexibility index (Phi) is 5.09. The van der Waals surface area contributed by atoms with Gasteiger partial charge in [-0.2, -0.15) is 0 Å².